The molecule has 0 saturated heterocycles. The molecule has 1 aromatic heterocycles. The molecular weight excluding hydrogens is 264 g/mol. The van der Waals surface area contributed by atoms with Gasteiger partial charge in [-0.2, -0.15) is 0 Å². The highest BCUT2D eigenvalue weighted by Gasteiger charge is 2.33. The van der Waals surface area contributed by atoms with E-state index in [9.17, 15) is 4.79 Å². The highest BCUT2D eigenvalue weighted by molar-refractivity contribution is 5.94. The lowest BCUT2D eigenvalue weighted by Gasteiger charge is -2.35. The van der Waals surface area contributed by atoms with Crippen molar-refractivity contribution in [2.45, 2.75) is 38.5 Å². The van der Waals surface area contributed by atoms with Gasteiger partial charge in [0.25, 0.3) is 0 Å². The van der Waals surface area contributed by atoms with Crippen LogP contribution >= 0.6 is 0 Å². The number of hydrogen-bond acceptors (Lipinski definition) is 4. The second-order valence-corrected chi connectivity index (χ2v) is 6.28. The number of nitrogens with two attached hydrogens (primary N) is 1. The van der Waals surface area contributed by atoms with Gasteiger partial charge in [-0.05, 0) is 30.9 Å². The summed E-state index contributed by atoms with van der Waals surface area (Å²) in [7, 11) is 3.90. The van der Waals surface area contributed by atoms with Gasteiger partial charge in [-0.25, -0.2) is 0 Å². The first kappa shape index (κ1) is 15.8. The summed E-state index contributed by atoms with van der Waals surface area (Å²) in [6.07, 6.45) is 9.67. The number of nitrogens with zero attached hydrogens (tertiary/aromatic N) is 2. The van der Waals surface area contributed by atoms with Crippen LogP contribution in [0.25, 0.3) is 0 Å². The molecule has 1 aromatic rings. The second-order valence-electron chi connectivity index (χ2n) is 6.28. The molecule has 1 saturated carbocycles. The first-order valence-corrected chi connectivity index (χ1v) is 7.68. The number of hydrogen-bond donors (Lipinski definition) is 2. The van der Waals surface area contributed by atoms with E-state index in [2.05, 4.69) is 10.3 Å². The molecule has 0 atom stereocenters. The predicted molar refractivity (Wildman–Crippen MR) is 86.4 cm³/mol. The van der Waals surface area contributed by atoms with Crippen molar-refractivity contribution in [3.8, 4) is 0 Å². The smallest absolute Gasteiger partial charge is 0.225 e. The Balaban J connectivity index is 2.04. The zero-order chi connectivity index (χ0) is 15.3. The molecule has 0 radical (unpaired) electrons. The average Bonchev–Trinajstić information content (AvgIpc) is 2.48. The lowest BCUT2D eigenvalue weighted by molar-refractivity contribution is -0.118. The number of carbonyl (C=O) groups excluding carboxylic acids is 1. The van der Waals surface area contributed by atoms with E-state index in [0.29, 0.717) is 13.0 Å². The standard InChI is InChI=1S/C16H26N4O/c1-20(2)14-6-9-18-11-13(14)19-15(21)10-16(12-17)7-4-3-5-8-16/h6,9,11H,3-5,7-8,10,12,17H2,1-2H3,(H,19,21). The molecule has 1 fully saturated rings. The zero-order valence-electron chi connectivity index (χ0n) is 13.1. The molecule has 0 bridgehead atoms. The Bertz CT molecular complexity index is 481. The summed E-state index contributed by atoms with van der Waals surface area (Å²) >= 11 is 0. The summed E-state index contributed by atoms with van der Waals surface area (Å²) in [6.45, 7) is 0.591. The highest BCUT2D eigenvalue weighted by atomic mass is 16.1. The van der Waals surface area contributed by atoms with Crippen LogP contribution in [0.5, 0.6) is 0 Å². The van der Waals surface area contributed by atoms with Crippen LogP contribution in [0.4, 0.5) is 11.4 Å². The van der Waals surface area contributed by atoms with Gasteiger partial charge in [-0.3, -0.25) is 9.78 Å². The fourth-order valence-electron chi connectivity index (χ4n) is 3.16. The van der Waals surface area contributed by atoms with Crippen LogP contribution in [0.3, 0.4) is 0 Å². The van der Waals surface area contributed by atoms with Crippen molar-refractivity contribution in [1.29, 1.82) is 0 Å². The SMILES string of the molecule is CN(C)c1ccncc1NC(=O)CC1(CN)CCCCC1. The van der Waals surface area contributed by atoms with Crippen LogP contribution in [-0.2, 0) is 4.79 Å². The molecule has 1 aliphatic rings. The first-order valence-electron chi connectivity index (χ1n) is 7.68. The van der Waals surface area contributed by atoms with E-state index in [1.165, 1.54) is 19.3 Å². The van der Waals surface area contributed by atoms with E-state index in [1.54, 1.807) is 12.4 Å². The van der Waals surface area contributed by atoms with Gasteiger partial charge < -0.3 is 16.0 Å². The van der Waals surface area contributed by atoms with E-state index < -0.39 is 0 Å². The number of aromatic nitrogens is 1. The Morgan fingerprint density at radius 1 is 1.38 bits per heavy atom. The van der Waals surface area contributed by atoms with Gasteiger partial charge in [0, 0.05) is 26.7 Å². The Morgan fingerprint density at radius 3 is 2.71 bits per heavy atom. The molecule has 0 unspecified atom stereocenters. The monoisotopic (exact) mass is 290 g/mol. The molecule has 3 N–H and O–H groups in total. The van der Waals surface area contributed by atoms with Crippen molar-refractivity contribution >= 4 is 17.3 Å². The summed E-state index contributed by atoms with van der Waals surface area (Å²) in [5.41, 5.74) is 7.67. The third-order valence-corrected chi connectivity index (χ3v) is 4.44. The molecule has 2 rings (SSSR count). The van der Waals surface area contributed by atoms with Crippen molar-refractivity contribution in [1.82, 2.24) is 4.98 Å². The van der Waals surface area contributed by atoms with Crippen molar-refractivity contribution in [3.05, 3.63) is 18.5 Å². The maximum atomic E-state index is 12.4. The first-order chi connectivity index (χ1) is 10.1. The van der Waals surface area contributed by atoms with Crippen molar-refractivity contribution in [2.75, 3.05) is 30.9 Å². The minimum absolute atomic E-state index is 0.0111. The van der Waals surface area contributed by atoms with Crippen LogP contribution < -0.4 is 16.0 Å². The van der Waals surface area contributed by atoms with Crippen LogP contribution in [0.2, 0.25) is 0 Å². The maximum absolute atomic E-state index is 12.4. The second kappa shape index (κ2) is 6.89. The Morgan fingerprint density at radius 2 is 2.10 bits per heavy atom. The molecule has 21 heavy (non-hydrogen) atoms. The Labute approximate surface area is 126 Å². The summed E-state index contributed by atoms with van der Waals surface area (Å²) in [5.74, 6) is 0.0402. The predicted octanol–water partition coefficient (Wildman–Crippen LogP) is 2.39. The fourth-order valence-corrected chi connectivity index (χ4v) is 3.16. The largest absolute Gasteiger partial charge is 0.376 e. The number of carbonyl (C=O) groups is 1. The Hall–Kier alpha value is -1.62. The summed E-state index contributed by atoms with van der Waals surface area (Å²) < 4.78 is 0. The van der Waals surface area contributed by atoms with E-state index in [4.69, 9.17) is 5.73 Å². The van der Waals surface area contributed by atoms with Gasteiger partial charge in [0.2, 0.25) is 5.91 Å². The van der Waals surface area contributed by atoms with Gasteiger partial charge in [0.1, 0.15) is 0 Å². The van der Waals surface area contributed by atoms with E-state index in [1.807, 2.05) is 25.1 Å². The normalized spacial score (nSPS) is 17.3. The molecule has 1 aliphatic carbocycles. The van der Waals surface area contributed by atoms with Gasteiger partial charge in [0.15, 0.2) is 0 Å². The molecule has 5 heteroatoms. The number of nitrogens with one attached hydrogen (secondary N) is 1. The highest BCUT2D eigenvalue weighted by Crippen LogP contribution is 2.38. The molecule has 1 amide bonds. The van der Waals surface area contributed by atoms with Crippen LogP contribution in [0, 0.1) is 5.41 Å². The van der Waals surface area contributed by atoms with E-state index in [0.717, 1.165) is 24.2 Å². The molecular formula is C16H26N4O. The van der Waals surface area contributed by atoms with Gasteiger partial charge in [-0.15, -0.1) is 0 Å². The molecule has 1 heterocycles. The summed E-state index contributed by atoms with van der Waals surface area (Å²) in [4.78, 5) is 18.5. The lowest BCUT2D eigenvalue weighted by atomic mass is 9.71. The van der Waals surface area contributed by atoms with Crippen LogP contribution in [0.15, 0.2) is 18.5 Å². The maximum Gasteiger partial charge on any atom is 0.225 e. The van der Waals surface area contributed by atoms with Gasteiger partial charge >= 0.3 is 0 Å². The van der Waals surface area contributed by atoms with Crippen LogP contribution in [0.1, 0.15) is 38.5 Å². The summed E-state index contributed by atoms with van der Waals surface area (Å²) in [5, 5.41) is 3.00. The summed E-state index contributed by atoms with van der Waals surface area (Å²) in [6, 6.07) is 1.90. The third kappa shape index (κ3) is 3.94. The zero-order valence-corrected chi connectivity index (χ0v) is 13.1. The minimum Gasteiger partial charge on any atom is -0.376 e. The Kier molecular flexibility index (Phi) is 5.17. The average molecular weight is 290 g/mol. The van der Waals surface area contributed by atoms with Gasteiger partial charge in [-0.1, -0.05) is 19.3 Å². The van der Waals surface area contributed by atoms with Crippen molar-refractivity contribution in [2.24, 2.45) is 11.1 Å². The molecule has 5 nitrogen and oxygen atoms in total. The quantitative estimate of drug-likeness (QED) is 0.873. The van der Waals surface area contributed by atoms with Crippen molar-refractivity contribution in [3.63, 3.8) is 0 Å². The minimum atomic E-state index is -0.0111. The lowest BCUT2D eigenvalue weighted by Crippen LogP contribution is -2.36. The fraction of sp³-hybridized carbons (Fsp3) is 0.625. The number of pyridine rings is 1. The third-order valence-electron chi connectivity index (χ3n) is 4.44. The molecule has 0 aliphatic heterocycles. The topological polar surface area (TPSA) is 71.2 Å². The molecule has 0 spiro atoms. The number of amides is 1. The van der Waals surface area contributed by atoms with Crippen molar-refractivity contribution < 1.29 is 4.79 Å². The molecule has 0 aromatic carbocycles. The van der Waals surface area contributed by atoms with Gasteiger partial charge in [0.05, 0.1) is 17.6 Å². The number of anilines is 2. The van der Waals surface area contributed by atoms with E-state index >= 15 is 0 Å². The molecule has 116 valence electrons. The van der Waals surface area contributed by atoms with Crippen LogP contribution in [-0.4, -0.2) is 31.5 Å². The van der Waals surface area contributed by atoms with E-state index in [-0.39, 0.29) is 11.3 Å². The number of rotatable bonds is 5.